The molecule has 2 aromatic carbocycles. The van der Waals surface area contributed by atoms with Gasteiger partial charge < -0.3 is 19.8 Å². The predicted molar refractivity (Wildman–Crippen MR) is 109 cm³/mol. The highest BCUT2D eigenvalue weighted by molar-refractivity contribution is 6.30. The molecule has 0 spiro atoms. The molecule has 0 aliphatic rings. The Hall–Kier alpha value is -3.59. The van der Waals surface area contributed by atoms with Crippen LogP contribution in [-0.2, 0) is 6.54 Å². The lowest BCUT2D eigenvalue weighted by molar-refractivity contribution is 0.0692. The Morgan fingerprint density at radius 2 is 2.10 bits per heavy atom. The van der Waals surface area contributed by atoms with Crippen LogP contribution < -0.4 is 10.2 Å². The van der Waals surface area contributed by atoms with Gasteiger partial charge in [0.2, 0.25) is 0 Å². The van der Waals surface area contributed by atoms with Gasteiger partial charge in [0.1, 0.15) is 0 Å². The molecule has 148 valence electrons. The second-order valence-electron chi connectivity index (χ2n) is 6.63. The van der Waals surface area contributed by atoms with E-state index in [-0.39, 0.29) is 5.69 Å². The van der Waals surface area contributed by atoms with E-state index in [0.29, 0.717) is 39.9 Å². The fraction of sp³-hybridized carbons (Fsp3) is 0.158. The number of halogens is 1. The van der Waals surface area contributed by atoms with Gasteiger partial charge in [0.05, 0.1) is 5.52 Å². The Labute approximate surface area is 170 Å². The number of H-pyrrole nitrogens is 1. The minimum absolute atomic E-state index is 0.0122. The first-order valence-electron chi connectivity index (χ1n) is 8.67. The molecule has 2 aromatic heterocycles. The number of benzene rings is 2. The number of anilines is 2. The van der Waals surface area contributed by atoms with Gasteiger partial charge >= 0.3 is 5.97 Å². The summed E-state index contributed by atoms with van der Waals surface area (Å²) < 4.78 is 5.31. The normalized spacial score (nSPS) is 11.0. The van der Waals surface area contributed by atoms with Crippen LogP contribution in [0.1, 0.15) is 16.1 Å². The average molecular weight is 413 g/mol. The molecule has 9 nitrogen and oxygen atoms in total. The molecule has 0 saturated heterocycles. The summed E-state index contributed by atoms with van der Waals surface area (Å²) in [4.78, 5) is 17.4. The van der Waals surface area contributed by atoms with Gasteiger partial charge in [-0.05, 0) is 47.1 Å². The van der Waals surface area contributed by atoms with Crippen LogP contribution in [-0.4, -0.2) is 45.5 Å². The van der Waals surface area contributed by atoms with Gasteiger partial charge in [-0.25, -0.2) is 4.79 Å². The summed E-state index contributed by atoms with van der Waals surface area (Å²) in [6.07, 6.45) is 0. The van der Waals surface area contributed by atoms with Crippen LogP contribution in [0.3, 0.4) is 0 Å². The van der Waals surface area contributed by atoms with E-state index in [1.165, 1.54) is 0 Å². The molecule has 0 amide bonds. The van der Waals surface area contributed by atoms with Crippen LogP contribution in [0.25, 0.3) is 22.4 Å². The molecule has 0 atom stereocenters. The van der Waals surface area contributed by atoms with Crippen molar-refractivity contribution in [1.82, 2.24) is 20.3 Å². The second kappa shape index (κ2) is 7.44. The Kier molecular flexibility index (Phi) is 4.81. The smallest absolute Gasteiger partial charge is 0.357 e. The van der Waals surface area contributed by atoms with Crippen LogP contribution in [0.5, 0.6) is 0 Å². The van der Waals surface area contributed by atoms with Crippen molar-refractivity contribution >= 4 is 40.1 Å². The third-order valence-corrected chi connectivity index (χ3v) is 4.50. The quantitative estimate of drug-likeness (QED) is 0.439. The highest BCUT2D eigenvalue weighted by Gasteiger charge is 2.14. The number of nitrogens with one attached hydrogen (secondary N) is 2. The molecule has 0 fully saturated rings. The number of carbonyl (C=O) groups is 1. The first-order chi connectivity index (χ1) is 13.9. The van der Waals surface area contributed by atoms with E-state index in [4.69, 9.17) is 16.1 Å². The third kappa shape index (κ3) is 3.85. The summed E-state index contributed by atoms with van der Waals surface area (Å²) >= 11 is 6.26. The topological polar surface area (TPSA) is 120 Å². The van der Waals surface area contributed by atoms with Crippen molar-refractivity contribution in [2.24, 2.45) is 0 Å². The summed E-state index contributed by atoms with van der Waals surface area (Å²) in [5.41, 5.74) is 3.03. The fourth-order valence-corrected chi connectivity index (χ4v) is 3.14. The van der Waals surface area contributed by atoms with Crippen LogP contribution in [0.15, 0.2) is 40.9 Å². The summed E-state index contributed by atoms with van der Waals surface area (Å²) in [5, 5.41) is 24.0. The first-order valence-corrected chi connectivity index (χ1v) is 9.04. The lowest BCUT2D eigenvalue weighted by Gasteiger charge is -2.08. The van der Waals surface area contributed by atoms with Gasteiger partial charge in [-0.1, -0.05) is 11.6 Å². The molecule has 0 saturated carbocycles. The molecule has 10 heteroatoms. The van der Waals surface area contributed by atoms with Crippen LogP contribution in [0.2, 0.25) is 5.02 Å². The maximum absolute atomic E-state index is 11.3. The number of fused-ring (bicyclic) bond motifs is 1. The van der Waals surface area contributed by atoms with Gasteiger partial charge in [-0.2, -0.15) is 10.1 Å². The zero-order valence-electron chi connectivity index (χ0n) is 15.6. The minimum Gasteiger partial charge on any atom is -0.476 e. The van der Waals surface area contributed by atoms with E-state index in [2.05, 4.69) is 25.7 Å². The molecule has 4 rings (SSSR count). The number of carboxylic acid groups (broad SMARTS) is 1. The molecular weight excluding hydrogens is 396 g/mol. The minimum atomic E-state index is -1.08. The molecule has 2 heterocycles. The molecule has 4 aromatic rings. The van der Waals surface area contributed by atoms with Crippen molar-refractivity contribution in [2.45, 2.75) is 6.54 Å². The molecule has 29 heavy (non-hydrogen) atoms. The van der Waals surface area contributed by atoms with Crippen LogP contribution in [0.4, 0.5) is 11.6 Å². The summed E-state index contributed by atoms with van der Waals surface area (Å²) in [6.45, 7) is 0.466. The van der Waals surface area contributed by atoms with E-state index in [0.717, 1.165) is 11.3 Å². The van der Waals surface area contributed by atoms with Crippen molar-refractivity contribution in [3.05, 3.63) is 52.7 Å². The zero-order chi connectivity index (χ0) is 20.5. The molecular formula is C19H17ClN6O3. The number of aromatic nitrogens is 4. The van der Waals surface area contributed by atoms with E-state index < -0.39 is 5.97 Å². The molecule has 3 N–H and O–H groups in total. The number of rotatable bonds is 6. The van der Waals surface area contributed by atoms with Gasteiger partial charge in [0.25, 0.3) is 11.8 Å². The lowest BCUT2D eigenvalue weighted by atomic mass is 10.1. The maximum Gasteiger partial charge on any atom is 0.357 e. The standard InChI is InChI=1S/C19H17ClN6O3/c1-26(2)19-22-17(29-25-19)11-5-10(6-12(20)7-11)9-21-13-3-4-15-14(8-13)16(18(27)28)24-23-15/h3-8,21H,9H2,1-2H3,(H,23,24)(H,27,28). The third-order valence-electron chi connectivity index (χ3n) is 4.28. The van der Waals surface area contributed by atoms with E-state index in [9.17, 15) is 9.90 Å². The second-order valence-corrected chi connectivity index (χ2v) is 7.07. The molecule has 0 aliphatic heterocycles. The molecule has 0 unspecified atom stereocenters. The highest BCUT2D eigenvalue weighted by atomic mass is 35.5. The van der Waals surface area contributed by atoms with Crippen molar-refractivity contribution < 1.29 is 14.4 Å². The summed E-state index contributed by atoms with van der Waals surface area (Å²) in [5.74, 6) is -0.227. The van der Waals surface area contributed by atoms with E-state index >= 15 is 0 Å². The van der Waals surface area contributed by atoms with Gasteiger partial charge in [-0.3, -0.25) is 5.10 Å². The Bertz CT molecular complexity index is 1200. The van der Waals surface area contributed by atoms with E-state index in [1.807, 2.05) is 32.3 Å². The van der Waals surface area contributed by atoms with Crippen LogP contribution >= 0.6 is 11.6 Å². The monoisotopic (exact) mass is 412 g/mol. The first kappa shape index (κ1) is 18.8. The average Bonchev–Trinajstić information content (AvgIpc) is 3.33. The molecule has 0 bridgehead atoms. The Balaban J connectivity index is 1.57. The number of nitrogens with zero attached hydrogens (tertiary/aromatic N) is 4. The van der Waals surface area contributed by atoms with Crippen molar-refractivity contribution in [2.75, 3.05) is 24.3 Å². The number of carboxylic acids is 1. The molecule has 0 radical (unpaired) electrons. The van der Waals surface area contributed by atoms with E-state index in [1.54, 1.807) is 23.1 Å². The van der Waals surface area contributed by atoms with Gasteiger partial charge in [0, 0.05) is 42.3 Å². The Morgan fingerprint density at radius 3 is 2.83 bits per heavy atom. The highest BCUT2D eigenvalue weighted by Crippen LogP contribution is 2.26. The number of hydrogen-bond donors (Lipinski definition) is 3. The van der Waals surface area contributed by atoms with Gasteiger partial charge in [0.15, 0.2) is 5.69 Å². The zero-order valence-corrected chi connectivity index (χ0v) is 16.4. The number of aromatic carboxylic acids is 1. The lowest BCUT2D eigenvalue weighted by Crippen LogP contribution is -2.10. The predicted octanol–water partition coefficient (Wildman–Crippen LogP) is 3.64. The van der Waals surface area contributed by atoms with Crippen LogP contribution in [0, 0.1) is 0 Å². The molecule has 0 aliphatic carbocycles. The summed E-state index contributed by atoms with van der Waals surface area (Å²) in [7, 11) is 3.66. The number of hydrogen-bond acceptors (Lipinski definition) is 7. The van der Waals surface area contributed by atoms with Crippen molar-refractivity contribution in [1.29, 1.82) is 0 Å². The Morgan fingerprint density at radius 1 is 1.28 bits per heavy atom. The van der Waals surface area contributed by atoms with Gasteiger partial charge in [-0.15, -0.1) is 0 Å². The largest absolute Gasteiger partial charge is 0.476 e. The fourth-order valence-electron chi connectivity index (χ4n) is 2.88. The van der Waals surface area contributed by atoms with Crippen molar-refractivity contribution in [3.63, 3.8) is 0 Å². The maximum atomic E-state index is 11.3. The SMILES string of the molecule is CN(C)c1noc(-c2cc(Cl)cc(CNc3ccc4[nH]nc(C(=O)O)c4c3)c2)n1. The number of aromatic amines is 1. The van der Waals surface area contributed by atoms with Crippen molar-refractivity contribution in [3.8, 4) is 11.5 Å². The summed E-state index contributed by atoms with van der Waals surface area (Å²) in [6, 6.07) is 10.9.